The molecular formula is C19H20F2O5. The maximum atomic E-state index is 14.3. The number of halogens is 2. The molecule has 7 heteroatoms. The van der Waals surface area contributed by atoms with Crippen molar-refractivity contribution >= 4 is 5.97 Å². The zero-order chi connectivity index (χ0) is 19.0. The molecule has 2 rings (SSSR count). The highest BCUT2D eigenvalue weighted by Crippen LogP contribution is 2.35. The van der Waals surface area contributed by atoms with Crippen LogP contribution in [0.3, 0.4) is 0 Å². The number of benzene rings is 2. The Morgan fingerprint density at radius 3 is 2.12 bits per heavy atom. The Balaban J connectivity index is 1.89. The molecule has 0 saturated carbocycles. The van der Waals surface area contributed by atoms with Crippen LogP contribution in [0.15, 0.2) is 48.5 Å². The number of carbonyl (C=O) groups excluding carboxylic acids is 1. The summed E-state index contributed by atoms with van der Waals surface area (Å²) in [5, 5.41) is 0. The van der Waals surface area contributed by atoms with Gasteiger partial charge in [0.25, 0.3) is 0 Å². The standard InChI is InChI=1S/C19H20F2O5/c1-23-16-11-14(12-17(13-16)24-2)19(20,21)18(22)26-10-6-9-25-15-7-4-3-5-8-15/h3-5,7-8,11-13H,6,9-10H2,1-2H3. The van der Waals surface area contributed by atoms with Gasteiger partial charge in [0.05, 0.1) is 27.4 Å². The second-order valence-electron chi connectivity index (χ2n) is 5.33. The minimum absolute atomic E-state index is 0.156. The van der Waals surface area contributed by atoms with E-state index in [9.17, 15) is 13.6 Å². The monoisotopic (exact) mass is 366 g/mol. The number of methoxy groups -OCH3 is 2. The molecule has 0 aliphatic heterocycles. The van der Waals surface area contributed by atoms with E-state index < -0.39 is 17.5 Å². The Bertz CT molecular complexity index is 697. The molecule has 140 valence electrons. The molecule has 0 spiro atoms. The Morgan fingerprint density at radius 1 is 0.923 bits per heavy atom. The molecule has 0 heterocycles. The number of hydrogen-bond donors (Lipinski definition) is 0. The Hall–Kier alpha value is -2.83. The Morgan fingerprint density at radius 2 is 1.54 bits per heavy atom. The van der Waals surface area contributed by atoms with Crippen LogP contribution in [0.25, 0.3) is 0 Å². The predicted molar refractivity (Wildman–Crippen MR) is 91.0 cm³/mol. The van der Waals surface area contributed by atoms with Crippen molar-refractivity contribution in [3.63, 3.8) is 0 Å². The minimum Gasteiger partial charge on any atom is -0.497 e. The summed E-state index contributed by atoms with van der Waals surface area (Å²) in [6.45, 7) is 0.0677. The molecule has 5 nitrogen and oxygen atoms in total. The minimum atomic E-state index is -3.82. The highest BCUT2D eigenvalue weighted by molar-refractivity contribution is 5.79. The first-order valence-corrected chi connectivity index (χ1v) is 7.94. The third kappa shape index (κ3) is 5.08. The van der Waals surface area contributed by atoms with Gasteiger partial charge in [-0.1, -0.05) is 18.2 Å². The van der Waals surface area contributed by atoms with Crippen LogP contribution in [0.4, 0.5) is 8.78 Å². The second kappa shape index (κ2) is 9.03. The third-order valence-electron chi connectivity index (χ3n) is 3.50. The van der Waals surface area contributed by atoms with Crippen LogP contribution in [0.1, 0.15) is 12.0 Å². The average molecular weight is 366 g/mol. The smallest absolute Gasteiger partial charge is 0.381 e. The first-order chi connectivity index (χ1) is 12.5. The van der Waals surface area contributed by atoms with E-state index in [4.69, 9.17) is 18.9 Å². The maximum Gasteiger partial charge on any atom is 0.381 e. The van der Waals surface area contributed by atoms with E-state index in [-0.39, 0.29) is 31.1 Å². The summed E-state index contributed by atoms with van der Waals surface area (Å²) in [7, 11) is 2.67. The summed E-state index contributed by atoms with van der Waals surface area (Å²) in [5.41, 5.74) is -0.556. The lowest BCUT2D eigenvalue weighted by Crippen LogP contribution is -2.29. The topological polar surface area (TPSA) is 54.0 Å². The number of carbonyl (C=O) groups is 1. The summed E-state index contributed by atoms with van der Waals surface area (Å²) >= 11 is 0. The molecule has 0 aliphatic carbocycles. The number of hydrogen-bond acceptors (Lipinski definition) is 5. The zero-order valence-corrected chi connectivity index (χ0v) is 14.5. The second-order valence-corrected chi connectivity index (χ2v) is 5.33. The molecule has 0 radical (unpaired) electrons. The zero-order valence-electron chi connectivity index (χ0n) is 14.5. The van der Waals surface area contributed by atoms with Gasteiger partial charge in [-0.2, -0.15) is 8.78 Å². The molecule has 0 aromatic heterocycles. The fourth-order valence-electron chi connectivity index (χ4n) is 2.13. The molecule has 0 atom stereocenters. The first-order valence-electron chi connectivity index (χ1n) is 7.94. The fourth-order valence-corrected chi connectivity index (χ4v) is 2.13. The van der Waals surface area contributed by atoms with Crippen molar-refractivity contribution in [3.8, 4) is 17.2 Å². The van der Waals surface area contributed by atoms with Gasteiger partial charge < -0.3 is 18.9 Å². The van der Waals surface area contributed by atoms with Crippen molar-refractivity contribution in [2.45, 2.75) is 12.3 Å². The largest absolute Gasteiger partial charge is 0.497 e. The molecule has 0 saturated heterocycles. The molecule has 0 amide bonds. The van der Waals surface area contributed by atoms with E-state index in [2.05, 4.69) is 0 Å². The Kier molecular flexibility index (Phi) is 6.77. The fraction of sp³-hybridized carbons (Fsp3) is 0.316. The van der Waals surface area contributed by atoms with Crippen molar-refractivity contribution in [1.29, 1.82) is 0 Å². The van der Waals surface area contributed by atoms with Gasteiger partial charge in [-0.25, -0.2) is 4.79 Å². The average Bonchev–Trinajstić information content (AvgIpc) is 2.67. The number of alkyl halides is 2. The van der Waals surface area contributed by atoms with Crippen molar-refractivity contribution in [3.05, 3.63) is 54.1 Å². The van der Waals surface area contributed by atoms with E-state index >= 15 is 0 Å². The van der Waals surface area contributed by atoms with Crippen LogP contribution in [-0.4, -0.2) is 33.4 Å². The number of rotatable bonds is 9. The van der Waals surface area contributed by atoms with Gasteiger partial charge in [-0.3, -0.25) is 0 Å². The van der Waals surface area contributed by atoms with Crippen LogP contribution in [-0.2, 0) is 15.5 Å². The maximum absolute atomic E-state index is 14.3. The highest BCUT2D eigenvalue weighted by atomic mass is 19.3. The van der Waals surface area contributed by atoms with Crippen molar-refractivity contribution in [2.75, 3.05) is 27.4 Å². The van der Waals surface area contributed by atoms with Gasteiger partial charge >= 0.3 is 11.9 Å². The highest BCUT2D eigenvalue weighted by Gasteiger charge is 2.43. The molecule has 2 aromatic rings. The van der Waals surface area contributed by atoms with E-state index in [0.717, 1.165) is 12.1 Å². The first kappa shape index (κ1) is 19.5. The number of para-hydroxylation sites is 1. The normalized spacial score (nSPS) is 10.9. The van der Waals surface area contributed by atoms with E-state index in [1.807, 2.05) is 18.2 Å². The molecule has 0 aliphatic rings. The van der Waals surface area contributed by atoms with Crippen LogP contribution in [0.5, 0.6) is 17.2 Å². The SMILES string of the molecule is COc1cc(OC)cc(C(F)(F)C(=O)OCCCOc2ccccc2)c1. The summed E-state index contributed by atoms with van der Waals surface area (Å²) < 4.78 is 48.7. The van der Waals surface area contributed by atoms with E-state index in [1.165, 1.54) is 20.3 Å². The summed E-state index contributed by atoms with van der Waals surface area (Å²) in [6, 6.07) is 12.6. The number of esters is 1. The predicted octanol–water partition coefficient (Wildman–Crippen LogP) is 3.81. The third-order valence-corrected chi connectivity index (χ3v) is 3.50. The summed E-state index contributed by atoms with van der Waals surface area (Å²) in [5.74, 6) is -4.48. The van der Waals surface area contributed by atoms with Crippen LogP contribution < -0.4 is 14.2 Å². The molecule has 0 unspecified atom stereocenters. The lowest BCUT2D eigenvalue weighted by atomic mass is 10.1. The van der Waals surface area contributed by atoms with E-state index in [0.29, 0.717) is 5.75 Å². The van der Waals surface area contributed by atoms with E-state index in [1.54, 1.807) is 12.1 Å². The number of ether oxygens (including phenoxy) is 4. The van der Waals surface area contributed by atoms with Crippen molar-refractivity contribution in [2.24, 2.45) is 0 Å². The van der Waals surface area contributed by atoms with Crippen molar-refractivity contribution < 1.29 is 32.5 Å². The molecular weight excluding hydrogens is 346 g/mol. The quantitative estimate of drug-likeness (QED) is 0.499. The lowest BCUT2D eigenvalue weighted by Gasteiger charge is -2.17. The van der Waals surface area contributed by atoms with Crippen LogP contribution in [0, 0.1) is 0 Å². The lowest BCUT2D eigenvalue weighted by molar-refractivity contribution is -0.173. The van der Waals surface area contributed by atoms with Gasteiger partial charge in [-0.05, 0) is 24.3 Å². The van der Waals surface area contributed by atoms with Gasteiger partial charge in [-0.15, -0.1) is 0 Å². The molecule has 2 aromatic carbocycles. The summed E-state index contributed by atoms with van der Waals surface area (Å²) in [4.78, 5) is 11.8. The van der Waals surface area contributed by atoms with Crippen LogP contribution >= 0.6 is 0 Å². The molecule has 0 bridgehead atoms. The van der Waals surface area contributed by atoms with Gasteiger partial charge in [0.2, 0.25) is 0 Å². The molecule has 0 N–H and O–H groups in total. The summed E-state index contributed by atoms with van der Waals surface area (Å²) in [6.07, 6.45) is 0.290. The Labute approximate surface area is 150 Å². The van der Waals surface area contributed by atoms with Gasteiger partial charge in [0, 0.05) is 18.1 Å². The van der Waals surface area contributed by atoms with Gasteiger partial charge in [0.1, 0.15) is 17.2 Å². The van der Waals surface area contributed by atoms with Crippen molar-refractivity contribution in [1.82, 2.24) is 0 Å². The van der Waals surface area contributed by atoms with Crippen LogP contribution in [0.2, 0.25) is 0 Å². The molecule has 26 heavy (non-hydrogen) atoms. The van der Waals surface area contributed by atoms with Gasteiger partial charge in [0.15, 0.2) is 0 Å². The molecule has 0 fully saturated rings.